The van der Waals surface area contributed by atoms with Gasteiger partial charge in [-0.25, -0.2) is 0 Å². The molecule has 2 unspecified atom stereocenters. The summed E-state index contributed by atoms with van der Waals surface area (Å²) >= 11 is 0. The number of hydrogen-bond acceptors (Lipinski definition) is 5. The molecule has 1 fully saturated rings. The van der Waals surface area contributed by atoms with E-state index in [9.17, 15) is 5.11 Å². The molecule has 114 valence electrons. The highest BCUT2D eigenvalue weighted by molar-refractivity contribution is 4.96. The van der Waals surface area contributed by atoms with E-state index in [2.05, 4.69) is 17.1 Å². The smallest absolute Gasteiger partial charge is 0.129 e. The molecule has 1 aromatic rings. The van der Waals surface area contributed by atoms with Crippen LogP contribution in [0.4, 0.5) is 0 Å². The first-order valence-electron chi connectivity index (χ1n) is 7.52. The standard InChI is InChI=1S/C15H26N2O3/c1-2-17-7-3-5-13(17)9-16-10-14(18)11-19-12-15-6-4-8-20-15/h4,6,8,13-14,16,18H,2-3,5,7,9-12H2,1H3. The zero-order valence-electron chi connectivity index (χ0n) is 12.3. The van der Waals surface area contributed by atoms with Crippen LogP contribution in [0.15, 0.2) is 22.8 Å². The van der Waals surface area contributed by atoms with Crippen molar-refractivity contribution in [1.82, 2.24) is 10.2 Å². The SMILES string of the molecule is CCN1CCCC1CNCC(O)COCc1ccco1. The van der Waals surface area contributed by atoms with E-state index < -0.39 is 6.10 Å². The highest BCUT2D eigenvalue weighted by atomic mass is 16.5. The van der Waals surface area contributed by atoms with Gasteiger partial charge in [-0.15, -0.1) is 0 Å². The average molecular weight is 282 g/mol. The van der Waals surface area contributed by atoms with Crippen LogP contribution in [-0.2, 0) is 11.3 Å². The topological polar surface area (TPSA) is 57.9 Å². The number of nitrogens with one attached hydrogen (secondary N) is 1. The van der Waals surface area contributed by atoms with Crippen LogP contribution in [0.25, 0.3) is 0 Å². The lowest BCUT2D eigenvalue weighted by Crippen LogP contribution is -2.41. The minimum atomic E-state index is -0.471. The van der Waals surface area contributed by atoms with Gasteiger partial charge in [-0.3, -0.25) is 4.90 Å². The fourth-order valence-corrected chi connectivity index (χ4v) is 2.71. The van der Waals surface area contributed by atoms with Crippen molar-refractivity contribution in [3.63, 3.8) is 0 Å². The van der Waals surface area contributed by atoms with Crippen LogP contribution >= 0.6 is 0 Å². The molecule has 5 heteroatoms. The molecule has 1 saturated heterocycles. The summed E-state index contributed by atoms with van der Waals surface area (Å²) in [5.41, 5.74) is 0. The van der Waals surface area contributed by atoms with Gasteiger partial charge in [-0.05, 0) is 38.1 Å². The van der Waals surface area contributed by atoms with Crippen molar-refractivity contribution in [3.05, 3.63) is 24.2 Å². The Kier molecular flexibility index (Phi) is 6.53. The van der Waals surface area contributed by atoms with Crippen LogP contribution in [0.5, 0.6) is 0 Å². The van der Waals surface area contributed by atoms with Gasteiger partial charge < -0.3 is 19.6 Å². The monoisotopic (exact) mass is 282 g/mol. The maximum atomic E-state index is 9.84. The van der Waals surface area contributed by atoms with Gasteiger partial charge in [0.25, 0.3) is 0 Å². The zero-order valence-corrected chi connectivity index (χ0v) is 12.3. The van der Waals surface area contributed by atoms with Crippen LogP contribution in [-0.4, -0.2) is 54.9 Å². The molecule has 1 aliphatic rings. The van der Waals surface area contributed by atoms with E-state index in [0.717, 1.165) is 18.8 Å². The molecule has 2 rings (SSSR count). The largest absolute Gasteiger partial charge is 0.467 e. The number of nitrogens with zero attached hydrogens (tertiary/aromatic N) is 1. The Balaban J connectivity index is 1.52. The van der Waals surface area contributed by atoms with E-state index in [1.54, 1.807) is 6.26 Å². The Morgan fingerprint density at radius 2 is 2.50 bits per heavy atom. The molecule has 0 amide bonds. The normalized spacial score (nSPS) is 21.4. The van der Waals surface area contributed by atoms with Gasteiger partial charge in [-0.1, -0.05) is 6.92 Å². The van der Waals surface area contributed by atoms with Gasteiger partial charge in [0.2, 0.25) is 0 Å². The lowest BCUT2D eigenvalue weighted by molar-refractivity contribution is 0.0222. The molecule has 2 N–H and O–H groups in total. The minimum Gasteiger partial charge on any atom is -0.467 e. The first-order valence-corrected chi connectivity index (χ1v) is 7.52. The van der Waals surface area contributed by atoms with Crippen LogP contribution in [0.1, 0.15) is 25.5 Å². The lowest BCUT2D eigenvalue weighted by atomic mass is 10.2. The van der Waals surface area contributed by atoms with E-state index in [0.29, 0.717) is 25.8 Å². The number of ether oxygens (including phenoxy) is 1. The molecule has 0 bridgehead atoms. The average Bonchev–Trinajstić information content (AvgIpc) is 3.09. The van der Waals surface area contributed by atoms with Crippen molar-refractivity contribution in [2.75, 3.05) is 32.8 Å². The Bertz CT molecular complexity index is 356. The molecule has 1 aliphatic heterocycles. The number of likely N-dealkylation sites (tertiary alicyclic amines) is 1. The molecule has 2 atom stereocenters. The predicted molar refractivity (Wildman–Crippen MR) is 77.5 cm³/mol. The predicted octanol–water partition coefficient (Wildman–Crippen LogP) is 1.23. The van der Waals surface area contributed by atoms with Gasteiger partial charge in [0.05, 0.1) is 19.0 Å². The third-order valence-corrected chi connectivity index (χ3v) is 3.80. The summed E-state index contributed by atoms with van der Waals surface area (Å²) in [4.78, 5) is 2.49. The fourth-order valence-electron chi connectivity index (χ4n) is 2.71. The molecule has 5 nitrogen and oxygen atoms in total. The van der Waals surface area contributed by atoms with E-state index >= 15 is 0 Å². The molecule has 0 aliphatic carbocycles. The molecule has 0 spiro atoms. The van der Waals surface area contributed by atoms with Crippen molar-refractivity contribution in [2.24, 2.45) is 0 Å². The number of furan rings is 1. The first kappa shape index (κ1) is 15.5. The van der Waals surface area contributed by atoms with Crippen LogP contribution < -0.4 is 5.32 Å². The summed E-state index contributed by atoms with van der Waals surface area (Å²) in [6, 6.07) is 4.32. The Morgan fingerprint density at radius 1 is 1.60 bits per heavy atom. The summed E-state index contributed by atoms with van der Waals surface area (Å²) < 4.78 is 10.6. The summed E-state index contributed by atoms with van der Waals surface area (Å²) in [6.45, 7) is 6.79. The van der Waals surface area contributed by atoms with Gasteiger partial charge >= 0.3 is 0 Å². The first-order chi connectivity index (χ1) is 9.79. The number of aliphatic hydroxyl groups is 1. The van der Waals surface area contributed by atoms with E-state index in [4.69, 9.17) is 9.15 Å². The van der Waals surface area contributed by atoms with E-state index in [1.807, 2.05) is 12.1 Å². The molecule has 0 aromatic carbocycles. The number of aliphatic hydroxyl groups excluding tert-OH is 1. The van der Waals surface area contributed by atoms with Crippen molar-refractivity contribution in [1.29, 1.82) is 0 Å². The van der Waals surface area contributed by atoms with Gasteiger partial charge in [-0.2, -0.15) is 0 Å². The molecular weight excluding hydrogens is 256 g/mol. The molecule has 20 heavy (non-hydrogen) atoms. The second kappa shape index (κ2) is 8.42. The van der Waals surface area contributed by atoms with Gasteiger partial charge in [0.15, 0.2) is 0 Å². The Labute approximate surface area is 120 Å². The quantitative estimate of drug-likeness (QED) is 0.713. The van der Waals surface area contributed by atoms with Crippen LogP contribution in [0, 0.1) is 0 Å². The third kappa shape index (κ3) is 4.90. The van der Waals surface area contributed by atoms with E-state index in [-0.39, 0.29) is 0 Å². The molecule has 1 aromatic heterocycles. The van der Waals surface area contributed by atoms with Gasteiger partial charge in [0, 0.05) is 19.1 Å². The second-order valence-electron chi connectivity index (χ2n) is 5.33. The highest BCUT2D eigenvalue weighted by Crippen LogP contribution is 2.15. The maximum Gasteiger partial charge on any atom is 0.129 e. The highest BCUT2D eigenvalue weighted by Gasteiger charge is 2.22. The van der Waals surface area contributed by atoms with Crippen LogP contribution in [0.2, 0.25) is 0 Å². The third-order valence-electron chi connectivity index (χ3n) is 3.80. The minimum absolute atomic E-state index is 0.329. The Morgan fingerprint density at radius 3 is 3.25 bits per heavy atom. The Hall–Kier alpha value is -0.880. The summed E-state index contributed by atoms with van der Waals surface area (Å²) in [5.74, 6) is 0.787. The number of likely N-dealkylation sites (N-methyl/N-ethyl adjacent to an activating group) is 1. The zero-order chi connectivity index (χ0) is 14.2. The molecule has 2 heterocycles. The second-order valence-corrected chi connectivity index (χ2v) is 5.33. The van der Waals surface area contributed by atoms with Crippen molar-refractivity contribution >= 4 is 0 Å². The molecular formula is C15H26N2O3. The number of rotatable bonds is 9. The van der Waals surface area contributed by atoms with Gasteiger partial charge in [0.1, 0.15) is 12.4 Å². The molecule has 0 saturated carbocycles. The number of hydrogen-bond donors (Lipinski definition) is 2. The van der Waals surface area contributed by atoms with Crippen LogP contribution in [0.3, 0.4) is 0 Å². The molecule has 0 radical (unpaired) electrons. The summed E-state index contributed by atoms with van der Waals surface area (Å²) in [5, 5.41) is 13.2. The van der Waals surface area contributed by atoms with Crippen molar-refractivity contribution < 1.29 is 14.3 Å². The van der Waals surface area contributed by atoms with Crippen molar-refractivity contribution in [2.45, 2.75) is 38.5 Å². The fraction of sp³-hybridized carbons (Fsp3) is 0.733. The summed E-state index contributed by atoms with van der Waals surface area (Å²) in [7, 11) is 0. The van der Waals surface area contributed by atoms with E-state index in [1.165, 1.54) is 19.4 Å². The maximum absolute atomic E-state index is 9.84. The van der Waals surface area contributed by atoms with Crippen molar-refractivity contribution in [3.8, 4) is 0 Å². The lowest BCUT2D eigenvalue weighted by Gasteiger charge is -2.23. The summed E-state index contributed by atoms with van der Waals surface area (Å²) in [6.07, 6.45) is 3.69.